The molecule has 2 rings (SSSR count). The predicted molar refractivity (Wildman–Crippen MR) is 111 cm³/mol. The van der Waals surface area contributed by atoms with E-state index >= 15 is 0 Å². The lowest BCUT2D eigenvalue weighted by Crippen LogP contribution is -2.28. The summed E-state index contributed by atoms with van der Waals surface area (Å²) in [5.41, 5.74) is 0.149. The van der Waals surface area contributed by atoms with Crippen molar-refractivity contribution in [3.8, 4) is 6.07 Å². The van der Waals surface area contributed by atoms with Gasteiger partial charge in [0.2, 0.25) is 0 Å². The first-order valence-electron chi connectivity index (χ1n) is 8.96. The summed E-state index contributed by atoms with van der Waals surface area (Å²) in [7, 11) is 0. The zero-order valence-electron chi connectivity index (χ0n) is 15.1. The minimum absolute atomic E-state index is 0. The maximum absolute atomic E-state index is 10.1. The molecule has 0 saturated heterocycles. The third-order valence-electron chi connectivity index (χ3n) is 4.64. The molecule has 26 heavy (non-hydrogen) atoms. The highest BCUT2D eigenvalue weighted by Crippen LogP contribution is 2.38. The van der Waals surface area contributed by atoms with Crippen LogP contribution in [0, 0.1) is 11.3 Å². The van der Waals surface area contributed by atoms with Crippen LogP contribution in [0.4, 0.5) is 0 Å². The van der Waals surface area contributed by atoms with Gasteiger partial charge in [-0.05, 0) is 24.1 Å². The molecule has 6 heteroatoms. The van der Waals surface area contributed by atoms with E-state index in [9.17, 15) is 5.26 Å². The van der Waals surface area contributed by atoms with E-state index in [0.717, 1.165) is 30.7 Å². The molecule has 0 amide bonds. The number of H-pyrrole nitrogens is 1. The van der Waals surface area contributed by atoms with Gasteiger partial charge in [-0.1, -0.05) is 74.7 Å². The average Bonchev–Trinajstić information content (AvgIpc) is 3.10. The van der Waals surface area contributed by atoms with Crippen molar-refractivity contribution in [1.29, 1.82) is 5.26 Å². The van der Waals surface area contributed by atoms with Gasteiger partial charge >= 0.3 is 0 Å². The van der Waals surface area contributed by atoms with Gasteiger partial charge in [-0.2, -0.15) is 5.26 Å². The zero-order chi connectivity index (χ0) is 18.1. The first-order chi connectivity index (χ1) is 12.1. The van der Waals surface area contributed by atoms with E-state index in [1.807, 2.05) is 6.07 Å². The zero-order valence-corrected chi connectivity index (χ0v) is 17.4. The van der Waals surface area contributed by atoms with Gasteiger partial charge in [-0.15, -0.1) is 12.4 Å². The van der Waals surface area contributed by atoms with Crippen molar-refractivity contribution >= 4 is 35.6 Å². The molecule has 2 aromatic rings. The number of imidazole rings is 1. The highest BCUT2D eigenvalue weighted by Gasteiger charge is 2.35. The van der Waals surface area contributed by atoms with Crippen LogP contribution >= 0.6 is 35.6 Å². The summed E-state index contributed by atoms with van der Waals surface area (Å²) in [5.74, 6) is 0.804. The summed E-state index contributed by atoms with van der Waals surface area (Å²) in [5, 5.41) is 11.2. The Kier molecular flexibility index (Phi) is 10.1. The van der Waals surface area contributed by atoms with E-state index in [4.69, 9.17) is 23.2 Å². The van der Waals surface area contributed by atoms with Gasteiger partial charge in [0.25, 0.3) is 0 Å². The van der Waals surface area contributed by atoms with E-state index in [2.05, 4.69) is 23.0 Å². The first-order valence-corrected chi connectivity index (χ1v) is 9.72. The van der Waals surface area contributed by atoms with Crippen molar-refractivity contribution in [2.75, 3.05) is 0 Å². The second-order valence-corrected chi connectivity index (χ2v) is 7.39. The van der Waals surface area contributed by atoms with Gasteiger partial charge in [0.15, 0.2) is 0 Å². The quantitative estimate of drug-likeness (QED) is 0.430. The lowest BCUT2D eigenvalue weighted by atomic mass is 9.74. The second-order valence-electron chi connectivity index (χ2n) is 6.55. The van der Waals surface area contributed by atoms with Crippen LogP contribution in [-0.4, -0.2) is 9.97 Å². The number of nitrogens with one attached hydrogen (secondary N) is 1. The van der Waals surface area contributed by atoms with E-state index in [1.54, 1.807) is 24.5 Å². The molecule has 142 valence electrons. The van der Waals surface area contributed by atoms with E-state index < -0.39 is 5.41 Å². The minimum atomic E-state index is -0.690. The number of aromatic amines is 1. The summed E-state index contributed by atoms with van der Waals surface area (Å²) in [6.07, 6.45) is 11.9. The molecule has 1 aromatic carbocycles. The van der Waals surface area contributed by atoms with Gasteiger partial charge in [0.05, 0.1) is 11.5 Å². The van der Waals surface area contributed by atoms with Crippen LogP contribution in [0.3, 0.4) is 0 Å². The van der Waals surface area contributed by atoms with Gasteiger partial charge in [-0.25, -0.2) is 4.98 Å². The van der Waals surface area contributed by atoms with Gasteiger partial charge in [-0.3, -0.25) is 0 Å². The molecule has 1 atom stereocenters. The van der Waals surface area contributed by atoms with E-state index in [0.29, 0.717) is 16.5 Å². The number of hydrogen-bond donors (Lipinski definition) is 1. The number of halogens is 3. The third-order valence-corrected chi connectivity index (χ3v) is 5.19. The molecule has 0 spiro atoms. The van der Waals surface area contributed by atoms with Crippen molar-refractivity contribution in [1.82, 2.24) is 9.97 Å². The Bertz CT molecular complexity index is 695. The average molecular weight is 415 g/mol. The Morgan fingerprint density at radius 1 is 1.15 bits per heavy atom. The van der Waals surface area contributed by atoms with Crippen LogP contribution in [0.25, 0.3) is 0 Å². The van der Waals surface area contributed by atoms with Gasteiger partial charge in [0, 0.05) is 28.9 Å². The lowest BCUT2D eigenvalue weighted by molar-refractivity contribution is 0.452. The largest absolute Gasteiger partial charge is 0.349 e. The molecule has 1 N–H and O–H groups in total. The smallest absolute Gasteiger partial charge is 0.107 e. The van der Waals surface area contributed by atoms with E-state index in [-0.39, 0.29) is 12.4 Å². The third kappa shape index (κ3) is 6.20. The molecule has 1 aromatic heterocycles. The molecule has 0 radical (unpaired) electrons. The van der Waals surface area contributed by atoms with Crippen molar-refractivity contribution in [2.45, 2.75) is 63.7 Å². The molecule has 0 aliphatic carbocycles. The maximum atomic E-state index is 10.1. The number of nitriles is 1. The molecule has 0 saturated carbocycles. The topological polar surface area (TPSA) is 52.5 Å². The number of aromatic nitrogens is 2. The minimum Gasteiger partial charge on any atom is -0.349 e. The molecule has 1 unspecified atom stereocenters. The number of rotatable bonds is 10. The maximum Gasteiger partial charge on any atom is 0.107 e. The summed E-state index contributed by atoms with van der Waals surface area (Å²) in [6.45, 7) is 2.21. The van der Waals surface area contributed by atoms with Crippen molar-refractivity contribution in [3.05, 3.63) is 52.0 Å². The summed E-state index contributed by atoms with van der Waals surface area (Å²) in [6, 6.07) is 7.95. The second kappa shape index (κ2) is 11.5. The van der Waals surface area contributed by atoms with Crippen LogP contribution in [-0.2, 0) is 11.8 Å². The molecule has 3 nitrogen and oxygen atoms in total. The fourth-order valence-electron chi connectivity index (χ4n) is 3.24. The highest BCUT2D eigenvalue weighted by molar-refractivity contribution is 6.35. The van der Waals surface area contributed by atoms with Crippen molar-refractivity contribution in [3.63, 3.8) is 0 Å². The van der Waals surface area contributed by atoms with Crippen LogP contribution in [0.1, 0.15) is 63.3 Å². The van der Waals surface area contributed by atoms with Crippen molar-refractivity contribution < 1.29 is 0 Å². The van der Waals surface area contributed by atoms with Gasteiger partial charge < -0.3 is 4.98 Å². The lowest BCUT2D eigenvalue weighted by Gasteiger charge is -2.27. The van der Waals surface area contributed by atoms with Gasteiger partial charge in [0.1, 0.15) is 5.82 Å². The summed E-state index contributed by atoms with van der Waals surface area (Å²) >= 11 is 12.5. The molecule has 0 aliphatic heterocycles. The number of hydrogen-bond acceptors (Lipinski definition) is 2. The monoisotopic (exact) mass is 413 g/mol. The summed E-state index contributed by atoms with van der Waals surface area (Å²) in [4.78, 5) is 7.43. The number of nitrogens with zero attached hydrogens (tertiary/aromatic N) is 2. The van der Waals surface area contributed by atoms with Crippen LogP contribution in [0.15, 0.2) is 30.6 Å². The van der Waals surface area contributed by atoms with Crippen LogP contribution < -0.4 is 0 Å². The molecular formula is C20H26Cl3N3. The number of unbranched alkanes of at least 4 members (excludes halogenated alkanes) is 5. The molecule has 0 fully saturated rings. The van der Waals surface area contributed by atoms with Crippen molar-refractivity contribution in [2.24, 2.45) is 0 Å². The fraction of sp³-hybridized carbons (Fsp3) is 0.500. The van der Waals surface area contributed by atoms with E-state index in [1.165, 1.54) is 25.7 Å². The van der Waals surface area contributed by atoms with Crippen LogP contribution in [0.5, 0.6) is 0 Å². The Labute approximate surface area is 172 Å². The predicted octanol–water partition coefficient (Wildman–Crippen LogP) is 6.89. The Hall–Kier alpha value is -1.21. The Balaban J connectivity index is 0.00000338. The molecule has 1 heterocycles. The number of benzene rings is 1. The SMILES string of the molecule is CCCCCCCCC(C#N)(Cc1ncc[nH]1)c1ccc(Cl)cc1Cl.Cl. The standard InChI is InChI=1S/C20H25Cl2N3.ClH/c1-2-3-4-5-6-7-10-20(15-23,14-19-24-11-12-25-19)17-9-8-16(21)13-18(17)22;/h8-9,11-13H,2-7,10,14H2,1H3,(H,24,25);1H. The van der Waals surface area contributed by atoms with Crippen LogP contribution in [0.2, 0.25) is 10.0 Å². The Morgan fingerprint density at radius 2 is 1.88 bits per heavy atom. The molecule has 0 bridgehead atoms. The Morgan fingerprint density at radius 3 is 2.50 bits per heavy atom. The first kappa shape index (κ1) is 22.8. The molecular weight excluding hydrogens is 389 g/mol. The fourth-order valence-corrected chi connectivity index (χ4v) is 3.83. The normalized spacial score (nSPS) is 12.8. The summed E-state index contributed by atoms with van der Waals surface area (Å²) < 4.78 is 0. The molecule has 0 aliphatic rings. The highest BCUT2D eigenvalue weighted by atomic mass is 35.5.